The van der Waals surface area contributed by atoms with Crippen LogP contribution in [-0.2, 0) is 21.4 Å². The van der Waals surface area contributed by atoms with Gasteiger partial charge >= 0.3 is 5.97 Å². The van der Waals surface area contributed by atoms with Gasteiger partial charge in [0.25, 0.3) is 15.9 Å². The number of sulfonamides is 1. The number of amides is 1. The lowest BCUT2D eigenvalue weighted by Crippen LogP contribution is -2.66. The third-order valence-corrected chi connectivity index (χ3v) is 5.54. The van der Waals surface area contributed by atoms with E-state index < -0.39 is 26.6 Å². The predicted octanol–water partition coefficient (Wildman–Crippen LogP) is 0.835. The number of hydrogen-bond donors (Lipinski definition) is 1. The molecule has 1 amide bonds. The average molecular weight is 283 g/mol. The van der Waals surface area contributed by atoms with Gasteiger partial charge < -0.3 is 5.11 Å². The van der Waals surface area contributed by atoms with Crippen LogP contribution in [0.25, 0.3) is 0 Å². The summed E-state index contributed by atoms with van der Waals surface area (Å²) >= 11 is 0. The first-order chi connectivity index (χ1) is 8.68. The number of carboxylic acid groups (broad SMARTS) is 1. The van der Waals surface area contributed by atoms with Crippen molar-refractivity contribution in [3.05, 3.63) is 35.4 Å². The van der Waals surface area contributed by atoms with E-state index in [9.17, 15) is 18.0 Å². The van der Waals surface area contributed by atoms with E-state index in [0.29, 0.717) is 5.56 Å². The van der Waals surface area contributed by atoms with E-state index in [4.69, 9.17) is 5.11 Å². The molecular weight excluding hydrogens is 270 g/mol. The van der Waals surface area contributed by atoms with Crippen molar-refractivity contribution in [1.82, 2.24) is 4.31 Å². The number of carbonyl (C=O) groups is 2. The minimum absolute atomic E-state index is 0.0650. The molecule has 0 unspecified atom stereocenters. The zero-order chi connectivity index (χ0) is 14.4. The summed E-state index contributed by atoms with van der Waals surface area (Å²) in [7, 11) is -3.61. The molecule has 0 aromatic heterocycles. The SMILES string of the molecule is CC1(C)C(=O)N(Cc2ccc(C(=O)O)cc2)S1(=O)=O. The summed E-state index contributed by atoms with van der Waals surface area (Å²) in [4.78, 5) is 22.4. The van der Waals surface area contributed by atoms with Crippen molar-refractivity contribution in [3.8, 4) is 0 Å². The van der Waals surface area contributed by atoms with Gasteiger partial charge in [0.05, 0.1) is 12.1 Å². The van der Waals surface area contributed by atoms with E-state index in [1.165, 1.54) is 38.1 Å². The summed E-state index contributed by atoms with van der Waals surface area (Å²) < 4.78 is 23.2. The van der Waals surface area contributed by atoms with Crippen LogP contribution in [0.15, 0.2) is 24.3 Å². The van der Waals surface area contributed by atoms with E-state index in [0.717, 1.165) is 4.31 Å². The second kappa shape index (κ2) is 4.06. The maximum absolute atomic E-state index is 11.9. The van der Waals surface area contributed by atoms with E-state index >= 15 is 0 Å². The molecule has 19 heavy (non-hydrogen) atoms. The van der Waals surface area contributed by atoms with Crippen molar-refractivity contribution in [2.45, 2.75) is 25.1 Å². The van der Waals surface area contributed by atoms with E-state index in [2.05, 4.69) is 0 Å². The van der Waals surface area contributed by atoms with Crippen LogP contribution in [-0.4, -0.2) is 34.5 Å². The van der Waals surface area contributed by atoms with Crippen LogP contribution >= 0.6 is 0 Å². The van der Waals surface area contributed by atoms with Crippen LogP contribution in [0.4, 0.5) is 0 Å². The zero-order valence-electron chi connectivity index (χ0n) is 10.5. The molecule has 1 aromatic rings. The van der Waals surface area contributed by atoms with Gasteiger partial charge in [0.15, 0.2) is 4.75 Å². The van der Waals surface area contributed by atoms with Crippen molar-refractivity contribution in [2.75, 3.05) is 0 Å². The third-order valence-electron chi connectivity index (χ3n) is 3.20. The molecule has 0 saturated carbocycles. The van der Waals surface area contributed by atoms with Gasteiger partial charge in [0, 0.05) is 0 Å². The lowest BCUT2D eigenvalue weighted by molar-refractivity contribution is -0.132. The van der Waals surface area contributed by atoms with Crippen LogP contribution in [0.2, 0.25) is 0 Å². The highest BCUT2D eigenvalue weighted by Crippen LogP contribution is 2.35. The van der Waals surface area contributed by atoms with E-state index in [1.807, 2.05) is 0 Å². The summed E-state index contributed by atoms with van der Waals surface area (Å²) in [5.41, 5.74) is 0.680. The Balaban J connectivity index is 2.20. The summed E-state index contributed by atoms with van der Waals surface area (Å²) in [6.45, 7) is 2.67. The Kier molecular flexibility index (Phi) is 2.89. The van der Waals surface area contributed by atoms with Crippen molar-refractivity contribution in [1.29, 1.82) is 0 Å². The largest absolute Gasteiger partial charge is 0.478 e. The van der Waals surface area contributed by atoms with Crippen molar-refractivity contribution in [2.24, 2.45) is 0 Å². The third kappa shape index (κ3) is 1.90. The minimum atomic E-state index is -3.61. The Morgan fingerprint density at radius 1 is 1.26 bits per heavy atom. The fourth-order valence-corrected chi connectivity index (χ4v) is 3.35. The van der Waals surface area contributed by atoms with Crippen molar-refractivity contribution >= 4 is 21.9 Å². The molecule has 1 N–H and O–H groups in total. The van der Waals surface area contributed by atoms with E-state index in [1.54, 1.807) is 0 Å². The fraction of sp³-hybridized carbons (Fsp3) is 0.333. The molecule has 1 aliphatic heterocycles. The Bertz CT molecular complexity index is 645. The van der Waals surface area contributed by atoms with Crippen LogP contribution in [0.5, 0.6) is 0 Å². The molecule has 102 valence electrons. The maximum atomic E-state index is 11.9. The van der Waals surface area contributed by atoms with Crippen LogP contribution in [0.3, 0.4) is 0 Å². The number of carbonyl (C=O) groups excluding carboxylic acids is 1. The summed E-state index contributed by atoms with van der Waals surface area (Å²) in [6.07, 6.45) is 0. The van der Waals surface area contributed by atoms with E-state index in [-0.39, 0.29) is 12.1 Å². The van der Waals surface area contributed by atoms with Crippen LogP contribution in [0, 0.1) is 0 Å². The first kappa shape index (κ1) is 13.5. The molecule has 7 heteroatoms. The van der Waals surface area contributed by atoms with Gasteiger partial charge in [-0.1, -0.05) is 12.1 Å². The molecule has 1 fully saturated rings. The summed E-state index contributed by atoms with van der Waals surface area (Å²) in [5.74, 6) is -1.50. The Hall–Kier alpha value is -1.89. The molecule has 1 aromatic carbocycles. The molecule has 2 rings (SSSR count). The van der Waals surface area contributed by atoms with Crippen molar-refractivity contribution in [3.63, 3.8) is 0 Å². The topological polar surface area (TPSA) is 91.8 Å². The molecule has 1 saturated heterocycles. The quantitative estimate of drug-likeness (QED) is 0.887. The highest BCUT2D eigenvalue weighted by atomic mass is 32.2. The predicted molar refractivity (Wildman–Crippen MR) is 67.0 cm³/mol. The lowest BCUT2D eigenvalue weighted by Gasteiger charge is -2.43. The first-order valence-electron chi connectivity index (χ1n) is 5.57. The summed E-state index contributed by atoms with van der Waals surface area (Å²) in [6, 6.07) is 5.74. The maximum Gasteiger partial charge on any atom is 0.335 e. The van der Waals surface area contributed by atoms with Gasteiger partial charge in [-0.3, -0.25) is 4.79 Å². The molecule has 0 radical (unpaired) electrons. The average Bonchev–Trinajstić information content (AvgIpc) is 2.35. The second-order valence-corrected chi connectivity index (χ2v) is 7.24. The number of hydrogen-bond acceptors (Lipinski definition) is 4. The molecule has 0 aliphatic carbocycles. The fourth-order valence-electron chi connectivity index (χ4n) is 1.83. The van der Waals surface area contributed by atoms with Gasteiger partial charge in [-0.05, 0) is 31.5 Å². The molecule has 1 aliphatic rings. The highest BCUT2D eigenvalue weighted by molar-refractivity contribution is 7.94. The molecule has 6 nitrogen and oxygen atoms in total. The van der Waals surface area contributed by atoms with Gasteiger partial charge in [-0.25, -0.2) is 17.5 Å². The Labute approximate surface area is 110 Å². The number of rotatable bonds is 3. The second-order valence-electron chi connectivity index (χ2n) is 4.83. The molecule has 0 spiro atoms. The van der Waals surface area contributed by atoms with Crippen molar-refractivity contribution < 1.29 is 23.1 Å². The Morgan fingerprint density at radius 2 is 1.79 bits per heavy atom. The highest BCUT2D eigenvalue weighted by Gasteiger charge is 2.59. The number of carboxylic acids is 1. The van der Waals surface area contributed by atoms with Gasteiger partial charge in [0.1, 0.15) is 0 Å². The van der Waals surface area contributed by atoms with Gasteiger partial charge in [-0.15, -0.1) is 0 Å². The molecule has 0 atom stereocenters. The molecular formula is C12H13NO5S. The lowest BCUT2D eigenvalue weighted by atomic mass is 10.1. The first-order valence-corrected chi connectivity index (χ1v) is 7.01. The molecule has 0 bridgehead atoms. The molecule has 1 heterocycles. The normalized spacial score (nSPS) is 19.9. The van der Waals surface area contributed by atoms with Gasteiger partial charge in [0.2, 0.25) is 0 Å². The van der Waals surface area contributed by atoms with Crippen LogP contribution < -0.4 is 0 Å². The number of aromatic carboxylic acids is 1. The van der Waals surface area contributed by atoms with Gasteiger partial charge in [-0.2, -0.15) is 0 Å². The standard InChI is InChI=1S/C12H13NO5S/c1-12(2)11(16)13(19(12,17)18)7-8-3-5-9(6-4-8)10(14)15/h3-6H,7H2,1-2H3,(H,14,15). The smallest absolute Gasteiger partial charge is 0.335 e. The zero-order valence-corrected chi connectivity index (χ0v) is 11.3. The monoisotopic (exact) mass is 283 g/mol. The minimum Gasteiger partial charge on any atom is -0.478 e. The van der Waals surface area contributed by atoms with Crippen LogP contribution in [0.1, 0.15) is 29.8 Å². The number of benzene rings is 1. The Morgan fingerprint density at radius 3 is 2.21 bits per heavy atom. The number of nitrogens with zero attached hydrogens (tertiary/aromatic N) is 1. The summed E-state index contributed by atoms with van der Waals surface area (Å²) in [5, 5.41) is 8.75.